The molecule has 22 heavy (non-hydrogen) atoms. The number of hydrogen-bond donors (Lipinski definition) is 2. The molecule has 3 N–H and O–H groups in total. The molecule has 0 aromatic heterocycles. The van der Waals surface area contributed by atoms with Crippen molar-refractivity contribution >= 4 is 5.69 Å². The number of likely N-dealkylation sites (N-methyl/N-ethyl adjacent to an activating group) is 1. The van der Waals surface area contributed by atoms with Gasteiger partial charge in [0.25, 0.3) is 0 Å². The minimum atomic E-state index is -0.507. The van der Waals surface area contributed by atoms with Crippen LogP contribution in [-0.2, 0) is 6.42 Å². The van der Waals surface area contributed by atoms with E-state index in [2.05, 4.69) is 43.1 Å². The fraction of sp³-hybridized carbons (Fsp3) is 0.368. The zero-order valence-corrected chi connectivity index (χ0v) is 13.4. The summed E-state index contributed by atoms with van der Waals surface area (Å²) in [5.74, 6) is 0. The highest BCUT2D eigenvalue weighted by atomic mass is 16.3. The number of aliphatic hydroxyl groups excluding tert-OH is 1. The maximum Gasteiger partial charge on any atom is 0.0917 e. The van der Waals surface area contributed by atoms with Crippen molar-refractivity contribution in [1.82, 2.24) is 4.90 Å². The topological polar surface area (TPSA) is 49.5 Å². The van der Waals surface area contributed by atoms with E-state index in [1.165, 1.54) is 5.56 Å². The quantitative estimate of drug-likeness (QED) is 0.771. The molecule has 0 aliphatic rings. The van der Waals surface area contributed by atoms with Crippen molar-refractivity contribution in [2.24, 2.45) is 0 Å². The molecule has 3 nitrogen and oxygen atoms in total. The zero-order chi connectivity index (χ0) is 15.9. The van der Waals surface area contributed by atoms with E-state index in [1.54, 1.807) is 0 Å². The van der Waals surface area contributed by atoms with E-state index in [0.29, 0.717) is 18.3 Å². The number of hydrogen-bond acceptors (Lipinski definition) is 3. The first kappa shape index (κ1) is 16.5. The van der Waals surface area contributed by atoms with Gasteiger partial charge in [0.1, 0.15) is 0 Å². The second kappa shape index (κ2) is 7.97. The van der Waals surface area contributed by atoms with E-state index >= 15 is 0 Å². The number of anilines is 1. The maximum absolute atomic E-state index is 10.4. The summed E-state index contributed by atoms with van der Waals surface area (Å²) in [6.07, 6.45) is 1.62. The minimum absolute atomic E-state index is 0.413. The molecule has 0 heterocycles. The van der Waals surface area contributed by atoms with Crippen LogP contribution in [0.25, 0.3) is 0 Å². The Morgan fingerprint density at radius 2 is 1.82 bits per heavy atom. The Kier molecular flexibility index (Phi) is 5.99. The van der Waals surface area contributed by atoms with Gasteiger partial charge in [0.2, 0.25) is 0 Å². The average molecular weight is 298 g/mol. The molecule has 2 atom stereocenters. The normalized spacial score (nSPS) is 14.0. The summed E-state index contributed by atoms with van der Waals surface area (Å²) in [4.78, 5) is 2.21. The largest absolute Gasteiger partial charge is 0.399 e. The van der Waals surface area contributed by atoms with Gasteiger partial charge in [0.05, 0.1) is 6.10 Å². The summed E-state index contributed by atoms with van der Waals surface area (Å²) in [6.45, 7) is 2.81. The molecule has 2 aromatic rings. The molecule has 2 aromatic carbocycles. The predicted molar refractivity (Wildman–Crippen MR) is 92.7 cm³/mol. The van der Waals surface area contributed by atoms with Crippen LogP contribution in [0.5, 0.6) is 0 Å². The molecule has 0 spiro atoms. The summed E-state index contributed by atoms with van der Waals surface area (Å²) >= 11 is 0. The first-order valence-electron chi connectivity index (χ1n) is 7.84. The molecule has 0 fully saturated rings. The van der Waals surface area contributed by atoms with Crippen molar-refractivity contribution in [3.05, 3.63) is 65.7 Å². The first-order chi connectivity index (χ1) is 10.6. The van der Waals surface area contributed by atoms with Crippen LogP contribution in [-0.4, -0.2) is 29.6 Å². The van der Waals surface area contributed by atoms with E-state index < -0.39 is 6.10 Å². The molecule has 0 bridgehead atoms. The van der Waals surface area contributed by atoms with Crippen molar-refractivity contribution in [3.8, 4) is 0 Å². The van der Waals surface area contributed by atoms with Crippen LogP contribution in [0.1, 0.15) is 30.6 Å². The van der Waals surface area contributed by atoms with Crippen LogP contribution in [0.3, 0.4) is 0 Å². The molecule has 118 valence electrons. The standard InChI is InChI=1S/C19H26N2O/c1-15(11-12-16-7-4-3-5-8-16)21(2)14-19(22)17-9-6-10-18(20)13-17/h3-10,13,15,19,22H,11-12,14,20H2,1-2H3. The lowest BCUT2D eigenvalue weighted by Crippen LogP contribution is -2.33. The highest BCUT2D eigenvalue weighted by molar-refractivity contribution is 5.41. The Morgan fingerprint density at radius 1 is 1.09 bits per heavy atom. The number of aliphatic hydroxyl groups is 1. The average Bonchev–Trinajstić information content (AvgIpc) is 2.53. The number of aryl methyl sites for hydroxylation is 1. The van der Waals surface area contributed by atoms with Gasteiger partial charge in [-0.3, -0.25) is 0 Å². The van der Waals surface area contributed by atoms with Crippen LogP contribution in [0.2, 0.25) is 0 Å². The van der Waals surface area contributed by atoms with Gasteiger partial charge in [0, 0.05) is 18.3 Å². The summed E-state index contributed by atoms with van der Waals surface area (Å²) in [6, 6.07) is 18.4. The van der Waals surface area contributed by atoms with E-state index in [9.17, 15) is 5.11 Å². The van der Waals surface area contributed by atoms with Crippen LogP contribution in [0.15, 0.2) is 54.6 Å². The second-order valence-corrected chi connectivity index (χ2v) is 6.00. The number of nitrogen functional groups attached to an aromatic ring is 1. The zero-order valence-electron chi connectivity index (χ0n) is 13.4. The third-order valence-corrected chi connectivity index (χ3v) is 4.20. The lowest BCUT2D eigenvalue weighted by atomic mass is 10.0. The summed E-state index contributed by atoms with van der Waals surface area (Å²) in [5.41, 5.74) is 8.70. The van der Waals surface area contributed by atoms with Gasteiger partial charge < -0.3 is 15.7 Å². The van der Waals surface area contributed by atoms with E-state index in [4.69, 9.17) is 5.73 Å². The van der Waals surface area contributed by atoms with Crippen LogP contribution >= 0.6 is 0 Å². The molecule has 2 rings (SSSR count). The van der Waals surface area contributed by atoms with Crippen LogP contribution in [0, 0.1) is 0 Å². The lowest BCUT2D eigenvalue weighted by Gasteiger charge is -2.27. The van der Waals surface area contributed by atoms with E-state index in [-0.39, 0.29) is 0 Å². The number of nitrogens with zero attached hydrogens (tertiary/aromatic N) is 1. The maximum atomic E-state index is 10.4. The molecule has 2 unspecified atom stereocenters. The van der Waals surface area contributed by atoms with Crippen molar-refractivity contribution in [1.29, 1.82) is 0 Å². The lowest BCUT2D eigenvalue weighted by molar-refractivity contribution is 0.106. The number of rotatable bonds is 7. The predicted octanol–water partition coefficient (Wildman–Crippen LogP) is 3.26. The Bertz CT molecular complexity index is 571. The molecule has 0 aliphatic carbocycles. The monoisotopic (exact) mass is 298 g/mol. The van der Waals surface area contributed by atoms with Crippen molar-refractivity contribution in [2.45, 2.75) is 31.9 Å². The van der Waals surface area contributed by atoms with Gasteiger partial charge in [-0.15, -0.1) is 0 Å². The molecular formula is C19H26N2O. The number of benzene rings is 2. The van der Waals surface area contributed by atoms with Crippen molar-refractivity contribution in [2.75, 3.05) is 19.3 Å². The molecule has 0 amide bonds. The molecular weight excluding hydrogens is 272 g/mol. The molecule has 0 radical (unpaired) electrons. The summed E-state index contributed by atoms with van der Waals surface area (Å²) in [5, 5.41) is 10.4. The van der Waals surface area contributed by atoms with Crippen molar-refractivity contribution < 1.29 is 5.11 Å². The fourth-order valence-corrected chi connectivity index (χ4v) is 2.57. The third-order valence-electron chi connectivity index (χ3n) is 4.20. The third kappa shape index (κ3) is 4.86. The van der Waals surface area contributed by atoms with Gasteiger partial charge in [-0.05, 0) is 50.1 Å². The van der Waals surface area contributed by atoms with Gasteiger partial charge in [-0.1, -0.05) is 42.5 Å². The van der Waals surface area contributed by atoms with E-state index in [1.807, 2.05) is 30.3 Å². The van der Waals surface area contributed by atoms with Crippen LogP contribution in [0.4, 0.5) is 5.69 Å². The van der Waals surface area contributed by atoms with Crippen molar-refractivity contribution in [3.63, 3.8) is 0 Å². The van der Waals surface area contributed by atoms with Gasteiger partial charge in [-0.2, -0.15) is 0 Å². The first-order valence-corrected chi connectivity index (χ1v) is 7.84. The molecule has 3 heteroatoms. The molecule has 0 saturated carbocycles. The summed E-state index contributed by atoms with van der Waals surface area (Å²) in [7, 11) is 2.06. The highest BCUT2D eigenvalue weighted by Gasteiger charge is 2.15. The van der Waals surface area contributed by atoms with E-state index in [0.717, 1.165) is 18.4 Å². The minimum Gasteiger partial charge on any atom is -0.399 e. The Balaban J connectivity index is 1.84. The summed E-state index contributed by atoms with van der Waals surface area (Å²) < 4.78 is 0. The SMILES string of the molecule is CC(CCc1ccccc1)N(C)CC(O)c1cccc(N)c1. The second-order valence-electron chi connectivity index (χ2n) is 6.00. The van der Waals surface area contributed by atoms with Gasteiger partial charge >= 0.3 is 0 Å². The Labute approximate surface area is 133 Å². The fourth-order valence-electron chi connectivity index (χ4n) is 2.57. The van der Waals surface area contributed by atoms with Crippen LogP contribution < -0.4 is 5.73 Å². The smallest absolute Gasteiger partial charge is 0.0917 e. The van der Waals surface area contributed by atoms with Gasteiger partial charge in [-0.25, -0.2) is 0 Å². The molecule has 0 aliphatic heterocycles. The highest BCUT2D eigenvalue weighted by Crippen LogP contribution is 2.18. The van der Waals surface area contributed by atoms with Gasteiger partial charge in [0.15, 0.2) is 0 Å². The Hall–Kier alpha value is -1.84. The molecule has 0 saturated heterocycles. The Morgan fingerprint density at radius 3 is 2.50 bits per heavy atom. The number of nitrogens with two attached hydrogens (primary N) is 1.